The zero-order valence-electron chi connectivity index (χ0n) is 7.66. The molecule has 72 valence electrons. The number of thiazole rings is 1. The molecule has 0 radical (unpaired) electrons. The van der Waals surface area contributed by atoms with Gasteiger partial charge >= 0.3 is 0 Å². The summed E-state index contributed by atoms with van der Waals surface area (Å²) in [5.41, 5.74) is 1.15. The molecule has 2 nitrogen and oxygen atoms in total. The minimum absolute atomic E-state index is 0.688. The first-order valence-corrected chi connectivity index (χ1v) is 6.31. The standard InChI is InChI=1S/C9H13BrN2S/c1-7-6-13-9(11-7)5-12-3-2-8(10)4-12/h6,8H,2-5H2,1H3. The van der Waals surface area contributed by atoms with Crippen molar-refractivity contribution in [1.29, 1.82) is 0 Å². The van der Waals surface area contributed by atoms with Crippen LogP contribution in [0.5, 0.6) is 0 Å². The maximum atomic E-state index is 4.46. The van der Waals surface area contributed by atoms with Gasteiger partial charge in [0.15, 0.2) is 0 Å². The van der Waals surface area contributed by atoms with E-state index in [1.165, 1.54) is 24.5 Å². The minimum Gasteiger partial charge on any atom is -0.296 e. The van der Waals surface area contributed by atoms with Crippen molar-refractivity contribution in [1.82, 2.24) is 9.88 Å². The Labute approximate surface area is 91.1 Å². The summed E-state index contributed by atoms with van der Waals surface area (Å²) >= 11 is 5.41. The van der Waals surface area contributed by atoms with Crippen LogP contribution in [0.1, 0.15) is 17.1 Å². The van der Waals surface area contributed by atoms with E-state index in [0.717, 1.165) is 12.2 Å². The molecule has 4 heteroatoms. The first-order valence-electron chi connectivity index (χ1n) is 4.51. The number of alkyl halides is 1. The lowest BCUT2D eigenvalue weighted by Gasteiger charge is -2.11. The second-order valence-electron chi connectivity index (χ2n) is 3.50. The maximum Gasteiger partial charge on any atom is 0.107 e. The number of hydrogen-bond acceptors (Lipinski definition) is 3. The van der Waals surface area contributed by atoms with E-state index in [-0.39, 0.29) is 0 Å². The van der Waals surface area contributed by atoms with Crippen molar-refractivity contribution in [3.05, 3.63) is 16.1 Å². The van der Waals surface area contributed by atoms with Crippen LogP contribution in [0, 0.1) is 6.92 Å². The van der Waals surface area contributed by atoms with E-state index in [9.17, 15) is 0 Å². The van der Waals surface area contributed by atoms with Gasteiger partial charge in [-0.05, 0) is 19.9 Å². The molecule has 0 aromatic carbocycles. The molecular formula is C9H13BrN2S. The summed E-state index contributed by atoms with van der Waals surface area (Å²) in [6.45, 7) is 5.45. The summed E-state index contributed by atoms with van der Waals surface area (Å²) in [6.07, 6.45) is 1.27. The van der Waals surface area contributed by atoms with E-state index in [1.807, 2.05) is 0 Å². The first-order chi connectivity index (χ1) is 6.24. The third-order valence-electron chi connectivity index (χ3n) is 2.24. The summed E-state index contributed by atoms with van der Waals surface area (Å²) in [7, 11) is 0. The summed E-state index contributed by atoms with van der Waals surface area (Å²) < 4.78 is 0. The molecule has 1 aromatic rings. The van der Waals surface area contributed by atoms with Crippen LogP contribution in [0.4, 0.5) is 0 Å². The van der Waals surface area contributed by atoms with Crippen molar-refractivity contribution in [2.45, 2.75) is 24.7 Å². The van der Waals surface area contributed by atoms with E-state index < -0.39 is 0 Å². The van der Waals surface area contributed by atoms with Crippen LogP contribution < -0.4 is 0 Å². The second-order valence-corrected chi connectivity index (χ2v) is 5.74. The molecule has 1 atom stereocenters. The van der Waals surface area contributed by atoms with Gasteiger partial charge in [-0.1, -0.05) is 15.9 Å². The van der Waals surface area contributed by atoms with Gasteiger partial charge in [0, 0.05) is 22.4 Å². The smallest absolute Gasteiger partial charge is 0.107 e. The largest absolute Gasteiger partial charge is 0.296 e. The number of rotatable bonds is 2. The van der Waals surface area contributed by atoms with Crippen LogP contribution >= 0.6 is 27.3 Å². The molecule has 1 saturated heterocycles. The number of halogens is 1. The molecule has 13 heavy (non-hydrogen) atoms. The topological polar surface area (TPSA) is 16.1 Å². The van der Waals surface area contributed by atoms with Gasteiger partial charge in [0.2, 0.25) is 0 Å². The summed E-state index contributed by atoms with van der Waals surface area (Å²) in [5.74, 6) is 0. The Morgan fingerprint density at radius 3 is 3.15 bits per heavy atom. The van der Waals surface area contributed by atoms with Gasteiger partial charge in [-0.3, -0.25) is 4.90 Å². The molecule has 1 fully saturated rings. The lowest BCUT2D eigenvalue weighted by atomic mass is 10.4. The van der Waals surface area contributed by atoms with E-state index in [0.29, 0.717) is 4.83 Å². The number of aryl methyl sites for hydroxylation is 1. The predicted octanol–water partition coefficient (Wildman–Crippen LogP) is 2.42. The number of hydrogen-bond donors (Lipinski definition) is 0. The first kappa shape index (κ1) is 9.62. The quantitative estimate of drug-likeness (QED) is 0.760. The maximum absolute atomic E-state index is 4.46. The van der Waals surface area contributed by atoms with Crippen LogP contribution in [0.2, 0.25) is 0 Å². The summed E-state index contributed by atoms with van der Waals surface area (Å²) in [6, 6.07) is 0. The van der Waals surface area contributed by atoms with Crippen molar-refractivity contribution in [3.63, 3.8) is 0 Å². The molecule has 0 amide bonds. The third kappa shape index (κ3) is 2.51. The molecule has 0 spiro atoms. The number of aromatic nitrogens is 1. The third-order valence-corrected chi connectivity index (χ3v) is 3.94. The highest BCUT2D eigenvalue weighted by Crippen LogP contribution is 2.20. The van der Waals surface area contributed by atoms with Gasteiger partial charge in [0.05, 0.1) is 6.54 Å². The fourth-order valence-corrected chi connectivity index (χ4v) is 3.02. The van der Waals surface area contributed by atoms with Crippen molar-refractivity contribution < 1.29 is 0 Å². The Kier molecular flexibility index (Phi) is 3.01. The van der Waals surface area contributed by atoms with Crippen molar-refractivity contribution >= 4 is 27.3 Å². The van der Waals surface area contributed by atoms with Crippen LogP contribution in [0.3, 0.4) is 0 Å². The van der Waals surface area contributed by atoms with Crippen LogP contribution in [-0.4, -0.2) is 27.8 Å². The van der Waals surface area contributed by atoms with E-state index in [4.69, 9.17) is 0 Å². The summed E-state index contributed by atoms with van der Waals surface area (Å²) in [5, 5.41) is 3.37. The van der Waals surface area contributed by atoms with Gasteiger partial charge in [0.1, 0.15) is 5.01 Å². The van der Waals surface area contributed by atoms with Gasteiger partial charge in [-0.2, -0.15) is 0 Å². The molecule has 1 unspecified atom stereocenters. The van der Waals surface area contributed by atoms with Crippen molar-refractivity contribution in [2.75, 3.05) is 13.1 Å². The number of nitrogens with zero attached hydrogens (tertiary/aromatic N) is 2. The van der Waals surface area contributed by atoms with Crippen LogP contribution in [-0.2, 0) is 6.54 Å². The molecule has 1 aliphatic heterocycles. The predicted molar refractivity (Wildman–Crippen MR) is 59.5 cm³/mol. The van der Waals surface area contributed by atoms with E-state index in [2.05, 4.69) is 38.1 Å². The average Bonchev–Trinajstić information content (AvgIpc) is 2.62. The van der Waals surface area contributed by atoms with Gasteiger partial charge in [-0.15, -0.1) is 11.3 Å². The Morgan fingerprint density at radius 1 is 1.77 bits per heavy atom. The molecule has 2 heterocycles. The number of likely N-dealkylation sites (tertiary alicyclic amines) is 1. The zero-order valence-corrected chi connectivity index (χ0v) is 10.1. The average molecular weight is 261 g/mol. The Morgan fingerprint density at radius 2 is 2.62 bits per heavy atom. The highest BCUT2D eigenvalue weighted by atomic mass is 79.9. The van der Waals surface area contributed by atoms with E-state index >= 15 is 0 Å². The van der Waals surface area contributed by atoms with Crippen molar-refractivity contribution in [2.24, 2.45) is 0 Å². The molecule has 2 rings (SSSR count). The van der Waals surface area contributed by atoms with E-state index in [1.54, 1.807) is 11.3 Å². The molecule has 0 saturated carbocycles. The SMILES string of the molecule is Cc1csc(CN2CCC(Br)C2)n1. The van der Waals surface area contributed by atoms with Crippen molar-refractivity contribution in [3.8, 4) is 0 Å². The normalized spacial score (nSPS) is 24.0. The fourth-order valence-electron chi connectivity index (χ4n) is 1.60. The molecular weight excluding hydrogens is 248 g/mol. The highest BCUT2D eigenvalue weighted by molar-refractivity contribution is 9.09. The minimum atomic E-state index is 0.688. The van der Waals surface area contributed by atoms with Gasteiger partial charge in [-0.25, -0.2) is 4.98 Å². The molecule has 0 N–H and O–H groups in total. The highest BCUT2D eigenvalue weighted by Gasteiger charge is 2.20. The lowest BCUT2D eigenvalue weighted by Crippen LogP contribution is -2.19. The molecule has 1 aliphatic rings. The van der Waals surface area contributed by atoms with Crippen LogP contribution in [0.25, 0.3) is 0 Å². The molecule has 0 aliphatic carbocycles. The Balaban J connectivity index is 1.91. The monoisotopic (exact) mass is 260 g/mol. The Hall–Kier alpha value is 0.0700. The summed E-state index contributed by atoms with van der Waals surface area (Å²) in [4.78, 5) is 7.61. The van der Waals surface area contributed by atoms with Crippen LogP contribution in [0.15, 0.2) is 5.38 Å². The zero-order chi connectivity index (χ0) is 9.26. The van der Waals surface area contributed by atoms with Gasteiger partial charge < -0.3 is 0 Å². The van der Waals surface area contributed by atoms with Gasteiger partial charge in [0.25, 0.3) is 0 Å². The molecule has 1 aromatic heterocycles. The lowest BCUT2D eigenvalue weighted by molar-refractivity contribution is 0.332. The Bertz CT molecular complexity index is 287. The molecule has 0 bridgehead atoms. The fraction of sp³-hybridized carbons (Fsp3) is 0.667. The second kappa shape index (κ2) is 4.07.